The predicted octanol–water partition coefficient (Wildman–Crippen LogP) is 0.945. The first-order chi connectivity index (χ1) is 14.7. The van der Waals surface area contributed by atoms with Crippen LogP contribution >= 0.6 is 0 Å². The van der Waals surface area contributed by atoms with Gasteiger partial charge >= 0.3 is 6.09 Å². The lowest BCUT2D eigenvalue weighted by atomic mass is 9.95. The summed E-state index contributed by atoms with van der Waals surface area (Å²) < 4.78 is 50.5. The summed E-state index contributed by atoms with van der Waals surface area (Å²) in [5.74, 6) is -2.10. The number of carboxylic acid groups (broad SMARTS) is 1. The summed E-state index contributed by atoms with van der Waals surface area (Å²) in [5.41, 5.74) is 6.42. The molecule has 0 aliphatic carbocycles. The molecule has 2 aliphatic heterocycles. The van der Waals surface area contributed by atoms with Gasteiger partial charge in [0.2, 0.25) is 0 Å². The topological polar surface area (TPSA) is 95.6 Å². The molecule has 1 amide bonds. The zero-order valence-electron chi connectivity index (χ0n) is 16.3. The van der Waals surface area contributed by atoms with E-state index in [2.05, 4.69) is 9.97 Å². The monoisotopic (exact) mass is 439 g/mol. The summed E-state index contributed by atoms with van der Waals surface area (Å²) in [6.07, 6.45) is 2.96. The molecule has 11 heteroatoms. The summed E-state index contributed by atoms with van der Waals surface area (Å²) in [4.78, 5) is 21.1. The number of amides is 1. The fourth-order valence-corrected chi connectivity index (χ4v) is 3.50. The minimum Gasteiger partial charge on any atom is -0.465 e. The van der Waals surface area contributed by atoms with Gasteiger partial charge in [0.1, 0.15) is 6.33 Å². The normalized spacial score (nSPS) is 20.4. The van der Waals surface area contributed by atoms with Gasteiger partial charge in [0.15, 0.2) is 11.6 Å². The number of aromatic nitrogens is 2. The van der Waals surface area contributed by atoms with E-state index in [1.807, 2.05) is 0 Å². The van der Waals surface area contributed by atoms with Crippen LogP contribution in [0.4, 0.5) is 22.4 Å². The lowest BCUT2D eigenvalue weighted by molar-refractivity contribution is 0.0986. The van der Waals surface area contributed by atoms with Crippen molar-refractivity contribution in [1.82, 2.24) is 19.8 Å². The highest BCUT2D eigenvalue weighted by atomic mass is 19.3. The zero-order chi connectivity index (χ0) is 22.5. The number of rotatable bonds is 3. The molecule has 0 bridgehead atoms. The molecule has 31 heavy (non-hydrogen) atoms. The second-order valence-electron chi connectivity index (χ2n) is 7.19. The molecule has 0 saturated carbocycles. The van der Waals surface area contributed by atoms with Crippen molar-refractivity contribution >= 4 is 18.4 Å². The molecule has 1 aromatic heterocycles. The van der Waals surface area contributed by atoms with Crippen molar-refractivity contribution in [1.29, 1.82) is 0 Å². The third kappa shape index (κ3) is 5.76. The molecule has 2 aliphatic rings. The van der Waals surface area contributed by atoms with Gasteiger partial charge in [-0.15, -0.1) is 0 Å². The van der Waals surface area contributed by atoms with Crippen LogP contribution in [0.2, 0.25) is 0 Å². The Morgan fingerprint density at radius 3 is 2.71 bits per heavy atom. The molecule has 4 rings (SSSR count). The fraction of sp³-hybridized carbons (Fsp3) is 0.350. The van der Waals surface area contributed by atoms with Crippen molar-refractivity contribution in [2.75, 3.05) is 26.2 Å². The Kier molecular flexibility index (Phi) is 7.18. The van der Waals surface area contributed by atoms with Gasteiger partial charge in [0.25, 0.3) is 6.43 Å². The molecule has 3 heterocycles. The van der Waals surface area contributed by atoms with E-state index in [-0.39, 0.29) is 18.5 Å². The number of likely N-dealkylation sites (tertiary alicyclic amines) is 1. The van der Waals surface area contributed by atoms with Crippen molar-refractivity contribution in [2.45, 2.75) is 18.4 Å². The van der Waals surface area contributed by atoms with Crippen molar-refractivity contribution in [2.24, 2.45) is 5.73 Å². The molecule has 166 valence electrons. The molecule has 7 nitrogen and oxygen atoms in total. The summed E-state index contributed by atoms with van der Waals surface area (Å²) in [6.45, 7) is 0.703. The van der Waals surface area contributed by atoms with Crippen LogP contribution in [0, 0.1) is 11.6 Å². The molecule has 1 aromatic carbocycles. The minimum absolute atomic E-state index is 0.237. The van der Waals surface area contributed by atoms with Gasteiger partial charge in [0.05, 0.1) is 11.9 Å². The molecular formula is C20H21F4N5O2. The lowest BCUT2D eigenvalue weighted by Gasteiger charge is -2.15. The van der Waals surface area contributed by atoms with Crippen LogP contribution in [0.1, 0.15) is 11.5 Å². The van der Waals surface area contributed by atoms with E-state index in [1.54, 1.807) is 17.2 Å². The van der Waals surface area contributed by atoms with Gasteiger partial charge in [-0.2, -0.15) is 0 Å². The minimum atomic E-state index is -2.42. The summed E-state index contributed by atoms with van der Waals surface area (Å²) >= 11 is 0. The fourth-order valence-electron chi connectivity index (χ4n) is 3.50. The van der Waals surface area contributed by atoms with E-state index in [4.69, 9.17) is 10.8 Å². The van der Waals surface area contributed by atoms with Crippen molar-refractivity contribution < 1.29 is 27.5 Å². The maximum absolute atomic E-state index is 13.1. The standard InChI is InChI=1S/C12H14F4N2.C8H7N3O2/c13-9-2-1-7(3-10(9)14)8-4-18(5-11(8)17)6-12(15)16;12-8(13)11-2-1-6-3-9-5-10-7(6)4-11/h1-3,8,11-12H,4-6,17H2;1,3-5H,2H2,(H,12,13)/t8-,11+;/m0./s1. The number of hydrogen-bond donors (Lipinski definition) is 2. The molecule has 0 unspecified atom stereocenters. The number of nitrogens with zero attached hydrogens (tertiary/aromatic N) is 4. The number of benzene rings is 1. The number of hydrogen-bond acceptors (Lipinski definition) is 5. The highest BCUT2D eigenvalue weighted by Gasteiger charge is 2.32. The zero-order valence-corrected chi connectivity index (χ0v) is 16.3. The Labute approximate surface area is 175 Å². The first-order valence-electron chi connectivity index (χ1n) is 9.43. The van der Waals surface area contributed by atoms with Gasteiger partial charge < -0.3 is 10.8 Å². The first-order valence-corrected chi connectivity index (χ1v) is 9.43. The molecule has 2 aromatic rings. The quantitative estimate of drug-likeness (QED) is 0.692. The molecule has 1 saturated heterocycles. The number of carbonyl (C=O) groups is 1. The Balaban J connectivity index is 0.000000185. The number of halogens is 4. The highest BCUT2D eigenvalue weighted by molar-refractivity contribution is 5.71. The van der Waals surface area contributed by atoms with Crippen molar-refractivity contribution in [3.05, 3.63) is 58.5 Å². The first kappa shape index (κ1) is 22.6. The Bertz CT molecular complexity index is 1050. The second-order valence-corrected chi connectivity index (χ2v) is 7.19. The average Bonchev–Trinajstić information content (AvgIpc) is 3.09. The SMILES string of the molecule is N[C@@H]1CN(CC(F)F)C[C@H]1c1ccc(F)c(F)c1.O=C(O)N1C=c2ncncc2=CC1. The second kappa shape index (κ2) is 9.84. The Morgan fingerprint density at radius 1 is 1.26 bits per heavy atom. The van der Waals surface area contributed by atoms with Crippen LogP contribution in [0.3, 0.4) is 0 Å². The van der Waals surface area contributed by atoms with Gasteiger partial charge in [-0.05, 0) is 17.7 Å². The average molecular weight is 439 g/mol. The highest BCUT2D eigenvalue weighted by Crippen LogP contribution is 2.27. The van der Waals surface area contributed by atoms with Crippen LogP contribution in [0.25, 0.3) is 12.3 Å². The van der Waals surface area contributed by atoms with Crippen LogP contribution in [0.15, 0.2) is 30.7 Å². The lowest BCUT2D eigenvalue weighted by Crippen LogP contribution is -2.39. The number of fused-ring (bicyclic) bond motifs is 1. The van der Waals surface area contributed by atoms with E-state index < -0.39 is 24.2 Å². The molecular weight excluding hydrogens is 418 g/mol. The van der Waals surface area contributed by atoms with Crippen LogP contribution < -0.4 is 16.3 Å². The van der Waals surface area contributed by atoms with E-state index in [0.717, 1.165) is 17.4 Å². The third-order valence-corrected chi connectivity index (χ3v) is 5.01. The molecule has 0 radical (unpaired) electrons. The molecule has 0 spiro atoms. The van der Waals surface area contributed by atoms with Gasteiger partial charge in [-0.1, -0.05) is 12.1 Å². The Hall–Kier alpha value is -3.05. The molecule has 3 N–H and O–H groups in total. The van der Waals surface area contributed by atoms with E-state index >= 15 is 0 Å². The van der Waals surface area contributed by atoms with Crippen LogP contribution in [-0.2, 0) is 0 Å². The smallest absolute Gasteiger partial charge is 0.411 e. The van der Waals surface area contributed by atoms with Crippen LogP contribution in [0.5, 0.6) is 0 Å². The largest absolute Gasteiger partial charge is 0.465 e. The summed E-state index contributed by atoms with van der Waals surface area (Å²) in [6, 6.07) is 3.24. The van der Waals surface area contributed by atoms with Crippen molar-refractivity contribution in [3.8, 4) is 0 Å². The maximum atomic E-state index is 13.1. The van der Waals surface area contributed by atoms with E-state index in [9.17, 15) is 22.4 Å². The van der Waals surface area contributed by atoms with E-state index in [1.165, 1.54) is 23.5 Å². The molecule has 1 fully saturated rings. The maximum Gasteiger partial charge on any atom is 0.411 e. The van der Waals surface area contributed by atoms with Gasteiger partial charge in [0, 0.05) is 49.2 Å². The number of nitrogens with two attached hydrogens (primary N) is 1. The van der Waals surface area contributed by atoms with Gasteiger partial charge in [-0.25, -0.2) is 32.3 Å². The van der Waals surface area contributed by atoms with Crippen LogP contribution in [-0.4, -0.2) is 69.6 Å². The summed E-state index contributed by atoms with van der Waals surface area (Å²) in [5, 5.41) is 10.2. The third-order valence-electron chi connectivity index (χ3n) is 5.01. The number of alkyl halides is 2. The summed E-state index contributed by atoms with van der Waals surface area (Å²) in [7, 11) is 0. The predicted molar refractivity (Wildman–Crippen MR) is 104 cm³/mol. The molecule has 2 atom stereocenters. The van der Waals surface area contributed by atoms with Crippen molar-refractivity contribution in [3.63, 3.8) is 0 Å². The van der Waals surface area contributed by atoms with E-state index in [0.29, 0.717) is 30.5 Å². The van der Waals surface area contributed by atoms with Gasteiger partial charge in [-0.3, -0.25) is 9.80 Å². The Morgan fingerprint density at radius 2 is 2.03 bits per heavy atom.